The zero-order valence-corrected chi connectivity index (χ0v) is 13.5. The monoisotopic (exact) mass is 316 g/mol. The van der Waals surface area contributed by atoms with Crippen LogP contribution in [0.5, 0.6) is 0 Å². The van der Waals surface area contributed by atoms with E-state index in [4.69, 9.17) is 0 Å². The summed E-state index contributed by atoms with van der Waals surface area (Å²) in [6, 6.07) is 0. The Bertz CT molecular complexity index is 362. The largest absolute Gasteiger partial charge is 0.318 e. The molecule has 1 rings (SSSR count). The van der Waals surface area contributed by atoms with E-state index in [1.807, 2.05) is 18.8 Å². The highest BCUT2D eigenvalue weighted by molar-refractivity contribution is 9.10. The first-order valence-corrected chi connectivity index (χ1v) is 7.50. The molecule has 0 saturated heterocycles. The van der Waals surface area contributed by atoms with Gasteiger partial charge in [0.25, 0.3) is 0 Å². The van der Waals surface area contributed by atoms with Gasteiger partial charge in [-0.05, 0) is 42.4 Å². The number of nitrogens with one attached hydrogen (secondary N) is 1. The summed E-state index contributed by atoms with van der Waals surface area (Å²) in [5.41, 5.74) is 2.42. The van der Waals surface area contributed by atoms with Crippen molar-refractivity contribution >= 4 is 15.9 Å². The molecule has 0 aliphatic heterocycles. The van der Waals surface area contributed by atoms with Crippen LogP contribution in [0.3, 0.4) is 0 Å². The maximum atomic E-state index is 4.55. The second kappa shape index (κ2) is 7.92. The van der Waals surface area contributed by atoms with E-state index < -0.39 is 0 Å². The van der Waals surface area contributed by atoms with Gasteiger partial charge in [0.1, 0.15) is 0 Å². The quantitative estimate of drug-likeness (QED) is 0.798. The number of halogens is 1. The molecule has 0 bridgehead atoms. The lowest BCUT2D eigenvalue weighted by molar-refractivity contribution is 0.260. The lowest BCUT2D eigenvalue weighted by atomic mass is 10.3. The summed E-state index contributed by atoms with van der Waals surface area (Å²) in [7, 11) is 4.03. The van der Waals surface area contributed by atoms with Crippen molar-refractivity contribution in [2.24, 2.45) is 7.05 Å². The predicted octanol–water partition coefficient (Wildman–Crippen LogP) is 2.18. The third kappa shape index (κ3) is 4.07. The van der Waals surface area contributed by atoms with E-state index in [9.17, 15) is 0 Å². The smallest absolute Gasteiger partial charge is 0.0767 e. The van der Waals surface area contributed by atoms with Crippen LogP contribution in [0.25, 0.3) is 0 Å². The summed E-state index contributed by atoms with van der Waals surface area (Å²) >= 11 is 3.68. The molecule has 0 amide bonds. The molecule has 5 heteroatoms. The lowest BCUT2D eigenvalue weighted by Gasteiger charge is -2.21. The van der Waals surface area contributed by atoms with E-state index >= 15 is 0 Å². The van der Waals surface area contributed by atoms with Gasteiger partial charge in [-0.15, -0.1) is 0 Å². The maximum Gasteiger partial charge on any atom is 0.0767 e. The van der Waals surface area contributed by atoms with E-state index in [2.05, 4.69) is 45.1 Å². The Labute approximate surface area is 119 Å². The summed E-state index contributed by atoms with van der Waals surface area (Å²) in [5.74, 6) is 0. The molecule has 0 aliphatic rings. The predicted molar refractivity (Wildman–Crippen MR) is 79.8 cm³/mol. The molecule has 0 spiro atoms. The molecule has 18 heavy (non-hydrogen) atoms. The highest BCUT2D eigenvalue weighted by Gasteiger charge is 2.15. The summed E-state index contributed by atoms with van der Waals surface area (Å²) in [6.45, 7) is 8.55. The van der Waals surface area contributed by atoms with Crippen LogP contribution in [0.2, 0.25) is 0 Å². The van der Waals surface area contributed by atoms with Gasteiger partial charge in [-0.25, -0.2) is 0 Å². The van der Waals surface area contributed by atoms with Crippen molar-refractivity contribution in [1.29, 1.82) is 0 Å². The Hall–Kier alpha value is -0.390. The molecule has 104 valence electrons. The van der Waals surface area contributed by atoms with Crippen LogP contribution < -0.4 is 5.32 Å². The summed E-state index contributed by atoms with van der Waals surface area (Å²) in [6.07, 6.45) is 2.15. The molecular formula is C13H25BrN4. The average molecular weight is 317 g/mol. The molecule has 0 aromatic carbocycles. The van der Waals surface area contributed by atoms with Crippen molar-refractivity contribution in [1.82, 2.24) is 20.0 Å². The zero-order valence-electron chi connectivity index (χ0n) is 12.0. The molecule has 0 unspecified atom stereocenters. The number of aromatic nitrogens is 2. The van der Waals surface area contributed by atoms with Gasteiger partial charge in [-0.3, -0.25) is 9.58 Å². The highest BCUT2D eigenvalue weighted by Crippen LogP contribution is 2.22. The molecule has 4 nitrogen and oxygen atoms in total. The van der Waals surface area contributed by atoms with Crippen LogP contribution in [0.1, 0.15) is 31.7 Å². The third-order valence-electron chi connectivity index (χ3n) is 3.09. The van der Waals surface area contributed by atoms with Crippen LogP contribution in [-0.2, 0) is 20.0 Å². The van der Waals surface area contributed by atoms with Crippen molar-refractivity contribution in [3.8, 4) is 0 Å². The number of hydrogen-bond acceptors (Lipinski definition) is 3. The van der Waals surface area contributed by atoms with Crippen LogP contribution >= 0.6 is 15.9 Å². The minimum absolute atomic E-state index is 0.958. The van der Waals surface area contributed by atoms with Crippen molar-refractivity contribution in [2.45, 2.75) is 33.2 Å². The van der Waals surface area contributed by atoms with Crippen LogP contribution in [0.4, 0.5) is 0 Å². The Kier molecular flexibility index (Phi) is 6.89. The van der Waals surface area contributed by atoms with Crippen LogP contribution in [-0.4, -0.2) is 41.4 Å². The number of nitrogens with zero attached hydrogens (tertiary/aromatic N) is 3. The molecule has 1 heterocycles. The fraction of sp³-hybridized carbons (Fsp3) is 0.769. The van der Waals surface area contributed by atoms with E-state index in [1.54, 1.807) is 0 Å². The lowest BCUT2D eigenvalue weighted by Crippen LogP contribution is -2.31. The number of hydrogen-bond donors (Lipinski definition) is 1. The van der Waals surface area contributed by atoms with E-state index in [0.29, 0.717) is 0 Å². The number of aryl methyl sites for hydroxylation is 2. The van der Waals surface area contributed by atoms with Gasteiger partial charge in [0.2, 0.25) is 0 Å². The summed E-state index contributed by atoms with van der Waals surface area (Å²) in [5, 5.41) is 7.76. The fourth-order valence-corrected chi connectivity index (χ4v) is 2.80. The maximum absolute atomic E-state index is 4.55. The van der Waals surface area contributed by atoms with Gasteiger partial charge in [0, 0.05) is 26.7 Å². The van der Waals surface area contributed by atoms with Crippen LogP contribution in [0.15, 0.2) is 4.47 Å². The molecular weight excluding hydrogens is 292 g/mol. The molecule has 0 fully saturated rings. The first-order chi connectivity index (χ1) is 8.63. The van der Waals surface area contributed by atoms with Gasteiger partial charge in [0.15, 0.2) is 0 Å². The van der Waals surface area contributed by atoms with Crippen molar-refractivity contribution in [3.63, 3.8) is 0 Å². The van der Waals surface area contributed by atoms with E-state index in [-0.39, 0.29) is 0 Å². The molecule has 0 radical (unpaired) electrons. The van der Waals surface area contributed by atoms with E-state index in [0.717, 1.165) is 38.3 Å². The van der Waals surface area contributed by atoms with Gasteiger partial charge < -0.3 is 5.32 Å². The average Bonchev–Trinajstić information content (AvgIpc) is 2.63. The standard InChI is InChI=1S/C13H25BrN4/c1-5-8-18(9-7-15-3)10-12-13(14)11(6-2)16-17(12)4/h15H,5-10H2,1-4H3. The summed E-state index contributed by atoms with van der Waals surface area (Å²) < 4.78 is 3.18. The van der Waals surface area contributed by atoms with E-state index in [1.165, 1.54) is 16.6 Å². The molecule has 0 saturated carbocycles. The normalized spacial score (nSPS) is 11.4. The highest BCUT2D eigenvalue weighted by atomic mass is 79.9. The summed E-state index contributed by atoms with van der Waals surface area (Å²) in [4.78, 5) is 2.47. The Morgan fingerprint density at radius 2 is 2.06 bits per heavy atom. The Morgan fingerprint density at radius 1 is 1.33 bits per heavy atom. The fourth-order valence-electron chi connectivity index (χ4n) is 2.06. The topological polar surface area (TPSA) is 33.1 Å². The Morgan fingerprint density at radius 3 is 2.56 bits per heavy atom. The van der Waals surface area contributed by atoms with Gasteiger partial charge in [-0.1, -0.05) is 13.8 Å². The Balaban J connectivity index is 2.76. The second-order valence-electron chi connectivity index (χ2n) is 4.56. The SMILES string of the molecule is CCCN(CCNC)Cc1c(Br)c(CC)nn1C. The number of rotatable bonds is 8. The second-order valence-corrected chi connectivity index (χ2v) is 5.36. The first kappa shape index (κ1) is 15.7. The van der Waals surface area contributed by atoms with Crippen molar-refractivity contribution < 1.29 is 0 Å². The van der Waals surface area contributed by atoms with Crippen molar-refractivity contribution in [2.75, 3.05) is 26.7 Å². The molecule has 0 atom stereocenters. The number of likely N-dealkylation sites (N-methyl/N-ethyl adjacent to an activating group) is 1. The van der Waals surface area contributed by atoms with Gasteiger partial charge >= 0.3 is 0 Å². The molecule has 1 aromatic heterocycles. The van der Waals surface area contributed by atoms with Crippen molar-refractivity contribution in [3.05, 3.63) is 15.9 Å². The minimum atomic E-state index is 0.958. The molecule has 0 aliphatic carbocycles. The van der Waals surface area contributed by atoms with Gasteiger partial charge in [0.05, 0.1) is 15.9 Å². The molecule has 1 N–H and O–H groups in total. The molecule has 1 aromatic rings. The first-order valence-electron chi connectivity index (χ1n) is 6.71. The zero-order chi connectivity index (χ0) is 13.5. The minimum Gasteiger partial charge on any atom is -0.318 e. The third-order valence-corrected chi connectivity index (χ3v) is 4.01. The van der Waals surface area contributed by atoms with Gasteiger partial charge in [-0.2, -0.15) is 5.10 Å². The van der Waals surface area contributed by atoms with Crippen LogP contribution in [0, 0.1) is 0 Å².